The quantitative estimate of drug-likeness (QED) is 0.793. The summed E-state index contributed by atoms with van der Waals surface area (Å²) in [7, 11) is 0. The molecule has 1 aromatic carbocycles. The molecule has 0 spiro atoms. The van der Waals surface area contributed by atoms with E-state index < -0.39 is 5.54 Å². The van der Waals surface area contributed by atoms with Gasteiger partial charge in [0.15, 0.2) is 0 Å². The zero-order chi connectivity index (χ0) is 14.3. The van der Waals surface area contributed by atoms with Crippen molar-refractivity contribution in [1.82, 2.24) is 5.32 Å². The van der Waals surface area contributed by atoms with Crippen LogP contribution in [0.3, 0.4) is 0 Å². The highest BCUT2D eigenvalue weighted by Gasteiger charge is 2.29. The van der Waals surface area contributed by atoms with Gasteiger partial charge in [-0.15, -0.1) is 0 Å². The summed E-state index contributed by atoms with van der Waals surface area (Å²) >= 11 is 0. The molecule has 0 aliphatic rings. The summed E-state index contributed by atoms with van der Waals surface area (Å²) in [5, 5.41) is 3.10. The largest absolute Gasteiger partial charge is 0.348 e. The molecule has 0 radical (unpaired) electrons. The van der Waals surface area contributed by atoms with Gasteiger partial charge in [-0.1, -0.05) is 57.0 Å². The van der Waals surface area contributed by atoms with E-state index in [1.54, 1.807) is 6.92 Å². The fourth-order valence-corrected chi connectivity index (χ4v) is 2.25. The lowest BCUT2D eigenvalue weighted by Gasteiger charge is -2.27. The van der Waals surface area contributed by atoms with Gasteiger partial charge < -0.3 is 11.1 Å². The Morgan fingerprint density at radius 1 is 1.26 bits per heavy atom. The Bertz CT molecular complexity index is 387. The molecule has 0 saturated carbocycles. The summed E-state index contributed by atoms with van der Waals surface area (Å²) in [6.45, 7) is 5.97. The van der Waals surface area contributed by atoms with Gasteiger partial charge in [0.25, 0.3) is 0 Å². The zero-order valence-corrected chi connectivity index (χ0v) is 12.3. The van der Waals surface area contributed by atoms with Crippen LogP contribution in [0.1, 0.15) is 58.1 Å². The van der Waals surface area contributed by atoms with E-state index in [-0.39, 0.29) is 11.9 Å². The van der Waals surface area contributed by atoms with Crippen molar-refractivity contribution in [3.8, 4) is 0 Å². The third-order valence-electron chi connectivity index (χ3n) is 3.37. The number of benzene rings is 1. The second-order valence-electron chi connectivity index (χ2n) is 5.39. The fraction of sp³-hybridized carbons (Fsp3) is 0.562. The summed E-state index contributed by atoms with van der Waals surface area (Å²) < 4.78 is 0. The van der Waals surface area contributed by atoms with Crippen molar-refractivity contribution >= 4 is 5.91 Å². The monoisotopic (exact) mass is 262 g/mol. The standard InChI is InChI=1S/C16H26N2O/c1-4-9-14(13-10-7-6-8-11-13)18-15(19)16(3,17)12-5-2/h6-8,10-11,14H,4-5,9,12,17H2,1-3H3,(H,18,19). The second-order valence-corrected chi connectivity index (χ2v) is 5.39. The molecule has 0 aliphatic carbocycles. The number of rotatable bonds is 7. The Kier molecular flexibility index (Phi) is 6.03. The maximum absolute atomic E-state index is 12.3. The maximum atomic E-state index is 12.3. The van der Waals surface area contributed by atoms with Gasteiger partial charge in [0.1, 0.15) is 0 Å². The van der Waals surface area contributed by atoms with Gasteiger partial charge >= 0.3 is 0 Å². The molecule has 19 heavy (non-hydrogen) atoms. The molecule has 2 atom stereocenters. The van der Waals surface area contributed by atoms with E-state index in [9.17, 15) is 4.79 Å². The van der Waals surface area contributed by atoms with Crippen LogP contribution in [0.15, 0.2) is 30.3 Å². The normalized spacial score (nSPS) is 15.6. The number of nitrogens with two attached hydrogens (primary N) is 1. The van der Waals surface area contributed by atoms with E-state index in [4.69, 9.17) is 5.73 Å². The molecule has 0 bridgehead atoms. The van der Waals surface area contributed by atoms with Crippen LogP contribution in [0, 0.1) is 0 Å². The molecule has 1 rings (SSSR count). The van der Waals surface area contributed by atoms with E-state index in [0.717, 1.165) is 24.8 Å². The van der Waals surface area contributed by atoms with Crippen molar-refractivity contribution in [2.45, 2.75) is 58.0 Å². The minimum Gasteiger partial charge on any atom is -0.348 e. The summed E-state index contributed by atoms with van der Waals surface area (Å²) in [5.41, 5.74) is 6.44. The molecular weight excluding hydrogens is 236 g/mol. The molecule has 0 heterocycles. The Morgan fingerprint density at radius 3 is 2.42 bits per heavy atom. The lowest BCUT2D eigenvalue weighted by Crippen LogP contribution is -2.52. The minimum absolute atomic E-state index is 0.0541. The Labute approximate surface area is 116 Å². The van der Waals surface area contributed by atoms with Crippen LogP contribution in [0.4, 0.5) is 0 Å². The minimum atomic E-state index is -0.782. The number of nitrogens with one attached hydrogen (secondary N) is 1. The summed E-state index contributed by atoms with van der Waals surface area (Å²) in [5.74, 6) is -0.0587. The molecule has 2 unspecified atom stereocenters. The maximum Gasteiger partial charge on any atom is 0.240 e. The van der Waals surface area contributed by atoms with Crippen molar-refractivity contribution in [2.24, 2.45) is 5.73 Å². The van der Waals surface area contributed by atoms with Crippen molar-refractivity contribution < 1.29 is 4.79 Å². The highest BCUT2D eigenvalue weighted by molar-refractivity contribution is 5.85. The first-order valence-electron chi connectivity index (χ1n) is 7.16. The first-order chi connectivity index (χ1) is 9.01. The number of hydrogen-bond acceptors (Lipinski definition) is 2. The van der Waals surface area contributed by atoms with Gasteiger partial charge in [-0.2, -0.15) is 0 Å². The lowest BCUT2D eigenvalue weighted by molar-refractivity contribution is -0.126. The van der Waals surface area contributed by atoms with Gasteiger partial charge in [0.05, 0.1) is 11.6 Å². The summed E-state index contributed by atoms with van der Waals surface area (Å²) in [4.78, 5) is 12.3. The second kappa shape index (κ2) is 7.29. The summed E-state index contributed by atoms with van der Waals surface area (Å²) in [6, 6.07) is 10.1. The molecular formula is C16H26N2O. The van der Waals surface area contributed by atoms with Crippen LogP contribution in [0.5, 0.6) is 0 Å². The fourth-order valence-electron chi connectivity index (χ4n) is 2.25. The molecule has 1 aromatic rings. The van der Waals surface area contributed by atoms with Crippen LogP contribution in [0.25, 0.3) is 0 Å². The van der Waals surface area contributed by atoms with Gasteiger partial charge in [-0.25, -0.2) is 0 Å². The topological polar surface area (TPSA) is 55.1 Å². The highest BCUT2D eigenvalue weighted by atomic mass is 16.2. The first-order valence-corrected chi connectivity index (χ1v) is 7.16. The van der Waals surface area contributed by atoms with Crippen molar-refractivity contribution in [3.05, 3.63) is 35.9 Å². The molecule has 3 N–H and O–H groups in total. The van der Waals surface area contributed by atoms with E-state index in [1.165, 1.54) is 0 Å². The number of carbonyl (C=O) groups excluding carboxylic acids is 1. The predicted octanol–water partition coefficient (Wildman–Crippen LogP) is 3.16. The van der Waals surface area contributed by atoms with Crippen LogP contribution in [-0.4, -0.2) is 11.4 Å². The van der Waals surface area contributed by atoms with Gasteiger partial charge in [0, 0.05) is 0 Å². The molecule has 3 nitrogen and oxygen atoms in total. The summed E-state index contributed by atoms with van der Waals surface area (Å²) in [6.07, 6.45) is 3.56. The Balaban J connectivity index is 2.77. The third-order valence-corrected chi connectivity index (χ3v) is 3.37. The number of carbonyl (C=O) groups is 1. The van der Waals surface area contributed by atoms with E-state index in [1.807, 2.05) is 37.3 Å². The Hall–Kier alpha value is -1.35. The van der Waals surface area contributed by atoms with Gasteiger partial charge in [-0.3, -0.25) is 4.79 Å². The first kappa shape index (κ1) is 15.7. The number of amides is 1. The molecule has 0 aromatic heterocycles. The van der Waals surface area contributed by atoms with Crippen LogP contribution in [0.2, 0.25) is 0 Å². The van der Waals surface area contributed by atoms with E-state index >= 15 is 0 Å². The van der Waals surface area contributed by atoms with E-state index in [0.29, 0.717) is 6.42 Å². The van der Waals surface area contributed by atoms with Crippen molar-refractivity contribution in [2.75, 3.05) is 0 Å². The predicted molar refractivity (Wildman–Crippen MR) is 79.7 cm³/mol. The van der Waals surface area contributed by atoms with Crippen molar-refractivity contribution in [3.63, 3.8) is 0 Å². The molecule has 0 saturated heterocycles. The molecule has 3 heteroatoms. The van der Waals surface area contributed by atoms with Gasteiger partial charge in [-0.05, 0) is 25.3 Å². The SMILES string of the molecule is CCCC(NC(=O)C(C)(N)CCC)c1ccccc1. The average Bonchev–Trinajstić information content (AvgIpc) is 2.39. The smallest absolute Gasteiger partial charge is 0.240 e. The van der Waals surface area contributed by atoms with Crippen LogP contribution < -0.4 is 11.1 Å². The Morgan fingerprint density at radius 2 is 1.89 bits per heavy atom. The average molecular weight is 262 g/mol. The molecule has 1 amide bonds. The molecule has 0 fully saturated rings. The zero-order valence-electron chi connectivity index (χ0n) is 12.3. The lowest BCUT2D eigenvalue weighted by atomic mass is 9.94. The highest BCUT2D eigenvalue weighted by Crippen LogP contribution is 2.20. The van der Waals surface area contributed by atoms with Crippen LogP contribution in [-0.2, 0) is 4.79 Å². The third kappa shape index (κ3) is 4.67. The van der Waals surface area contributed by atoms with Crippen LogP contribution >= 0.6 is 0 Å². The number of hydrogen-bond donors (Lipinski definition) is 2. The molecule has 0 aliphatic heterocycles. The van der Waals surface area contributed by atoms with E-state index in [2.05, 4.69) is 12.2 Å². The molecule has 106 valence electrons. The van der Waals surface area contributed by atoms with Gasteiger partial charge in [0.2, 0.25) is 5.91 Å². The van der Waals surface area contributed by atoms with Crippen molar-refractivity contribution in [1.29, 1.82) is 0 Å².